The molecule has 5 aliphatic carbocycles. The lowest BCUT2D eigenvalue weighted by molar-refractivity contribution is -0.0943. The van der Waals surface area contributed by atoms with Gasteiger partial charge in [-0.2, -0.15) is 0 Å². The molecule has 0 heterocycles. The third-order valence-electron chi connectivity index (χ3n) is 9.10. The fraction of sp³-hybridized carbons (Fsp3) is 0.467. The van der Waals surface area contributed by atoms with Crippen molar-refractivity contribution in [3.05, 3.63) is 84.2 Å². The smallest absolute Gasteiger partial charge is 0.0217 e. The van der Waals surface area contributed by atoms with Crippen LogP contribution in [0.15, 0.2) is 84.2 Å². The highest BCUT2D eigenvalue weighted by atomic mass is 31.1. The summed E-state index contributed by atoms with van der Waals surface area (Å²) < 4.78 is 0. The molecule has 32 heavy (non-hydrogen) atoms. The number of nitrogens with zero attached hydrogens (tertiary/aromatic N) is 1. The first-order chi connectivity index (χ1) is 15.6. The Hall–Kier alpha value is -1.69. The molecule has 2 heteroatoms. The lowest BCUT2D eigenvalue weighted by Gasteiger charge is -2.61. The monoisotopic (exact) mass is 441 g/mol. The summed E-state index contributed by atoms with van der Waals surface area (Å²) in [6.45, 7) is 2.51. The molecule has 2 aromatic rings. The van der Waals surface area contributed by atoms with E-state index in [2.05, 4.69) is 97.8 Å². The van der Waals surface area contributed by atoms with Crippen LogP contribution in [0.5, 0.6) is 0 Å². The van der Waals surface area contributed by atoms with Gasteiger partial charge in [-0.3, -0.25) is 4.90 Å². The second-order valence-corrected chi connectivity index (χ2v) is 13.2. The van der Waals surface area contributed by atoms with Crippen molar-refractivity contribution >= 4 is 18.5 Å². The van der Waals surface area contributed by atoms with Crippen molar-refractivity contribution in [2.24, 2.45) is 23.7 Å². The zero-order valence-corrected chi connectivity index (χ0v) is 20.4. The van der Waals surface area contributed by atoms with Gasteiger partial charge in [0.25, 0.3) is 0 Å². The van der Waals surface area contributed by atoms with Gasteiger partial charge in [0, 0.05) is 17.5 Å². The zero-order valence-electron chi connectivity index (χ0n) is 19.5. The van der Waals surface area contributed by atoms with E-state index in [1.807, 2.05) is 0 Å². The van der Waals surface area contributed by atoms with Crippen LogP contribution >= 0.6 is 7.92 Å². The van der Waals surface area contributed by atoms with Gasteiger partial charge in [0.05, 0.1) is 0 Å². The predicted molar refractivity (Wildman–Crippen MR) is 138 cm³/mol. The Balaban J connectivity index is 1.31. The minimum atomic E-state index is -0.510. The number of rotatable bonds is 6. The standard InChI is InChI=1S/C30H36NP/c1-22(31(2)30-19-23-16-24(20-30)18-25(17-23)21-30)28-14-9-15-29(28)32(26-10-5-3-6-11-26)27-12-7-4-8-13-27/h3-15,22-25,28H,16-21H2,1-2H3/t22-,23?,24?,25?,28?,30?/m1/s1. The van der Waals surface area contributed by atoms with Crippen molar-refractivity contribution in [2.45, 2.75) is 57.0 Å². The second kappa shape index (κ2) is 8.27. The SMILES string of the molecule is C[C@H](C1C=CC=C1P(c1ccccc1)c1ccccc1)N(C)C12CC3CC(CC(C3)C1)C2. The number of hydrogen-bond acceptors (Lipinski definition) is 1. The van der Waals surface area contributed by atoms with Gasteiger partial charge in [-0.05, 0) is 94.1 Å². The Bertz CT molecular complexity index is 933. The van der Waals surface area contributed by atoms with Crippen molar-refractivity contribution in [2.75, 3.05) is 7.05 Å². The van der Waals surface area contributed by atoms with Crippen LogP contribution in [0, 0.1) is 23.7 Å². The average Bonchev–Trinajstić information content (AvgIpc) is 3.28. The molecule has 0 aromatic heterocycles. The van der Waals surface area contributed by atoms with Crippen molar-refractivity contribution < 1.29 is 0 Å². The van der Waals surface area contributed by atoms with E-state index in [0.29, 0.717) is 17.5 Å². The summed E-state index contributed by atoms with van der Waals surface area (Å²) >= 11 is 0. The van der Waals surface area contributed by atoms with Crippen LogP contribution in [0.25, 0.3) is 0 Å². The van der Waals surface area contributed by atoms with Crippen LogP contribution in [-0.4, -0.2) is 23.5 Å². The fourth-order valence-corrected chi connectivity index (χ4v) is 10.6. The third-order valence-corrected chi connectivity index (χ3v) is 11.7. The van der Waals surface area contributed by atoms with Crippen LogP contribution in [-0.2, 0) is 0 Å². The summed E-state index contributed by atoms with van der Waals surface area (Å²) in [4.78, 5) is 2.86. The summed E-state index contributed by atoms with van der Waals surface area (Å²) in [6.07, 6.45) is 16.2. The van der Waals surface area contributed by atoms with E-state index >= 15 is 0 Å². The minimum Gasteiger partial charge on any atom is -0.297 e. The molecule has 166 valence electrons. The fourth-order valence-electron chi connectivity index (χ4n) is 7.89. The molecular formula is C30H36NP. The van der Waals surface area contributed by atoms with E-state index < -0.39 is 7.92 Å². The summed E-state index contributed by atoms with van der Waals surface area (Å²) in [5.41, 5.74) is 0.456. The van der Waals surface area contributed by atoms with Gasteiger partial charge < -0.3 is 0 Å². The van der Waals surface area contributed by atoms with E-state index in [-0.39, 0.29) is 0 Å². The molecule has 0 aliphatic heterocycles. The predicted octanol–water partition coefficient (Wildman–Crippen LogP) is 6.48. The molecule has 5 aliphatic rings. The number of allylic oxidation sites excluding steroid dienone is 2. The van der Waals surface area contributed by atoms with Gasteiger partial charge in [0.1, 0.15) is 0 Å². The Morgan fingerprint density at radius 1 is 0.812 bits per heavy atom. The molecule has 4 fully saturated rings. The Labute approximate surface area is 195 Å². The van der Waals surface area contributed by atoms with Crippen molar-refractivity contribution in [3.63, 3.8) is 0 Å². The second-order valence-electron chi connectivity index (χ2n) is 11.0. The lowest BCUT2D eigenvalue weighted by Crippen LogP contribution is -2.61. The maximum absolute atomic E-state index is 2.86. The molecular weight excluding hydrogens is 405 g/mol. The largest absolute Gasteiger partial charge is 0.297 e. The first-order valence-corrected chi connectivity index (χ1v) is 14.0. The Morgan fingerprint density at radius 2 is 1.31 bits per heavy atom. The molecule has 4 bridgehead atoms. The Morgan fingerprint density at radius 3 is 1.81 bits per heavy atom. The van der Waals surface area contributed by atoms with Crippen LogP contribution in [0.4, 0.5) is 0 Å². The highest BCUT2D eigenvalue weighted by Crippen LogP contribution is 2.59. The summed E-state index contributed by atoms with van der Waals surface area (Å²) in [7, 11) is 1.96. The van der Waals surface area contributed by atoms with Gasteiger partial charge >= 0.3 is 0 Å². The molecule has 4 saturated carbocycles. The van der Waals surface area contributed by atoms with Gasteiger partial charge in [0.2, 0.25) is 0 Å². The van der Waals surface area contributed by atoms with E-state index in [4.69, 9.17) is 0 Å². The van der Waals surface area contributed by atoms with Crippen molar-refractivity contribution in [1.29, 1.82) is 0 Å². The van der Waals surface area contributed by atoms with Crippen LogP contribution in [0.1, 0.15) is 45.4 Å². The van der Waals surface area contributed by atoms with E-state index in [0.717, 1.165) is 17.8 Å². The molecule has 2 aromatic carbocycles. The quantitative estimate of drug-likeness (QED) is 0.464. The third kappa shape index (κ3) is 3.53. The van der Waals surface area contributed by atoms with Crippen LogP contribution < -0.4 is 10.6 Å². The zero-order chi connectivity index (χ0) is 21.7. The van der Waals surface area contributed by atoms with E-state index in [1.165, 1.54) is 49.1 Å². The van der Waals surface area contributed by atoms with E-state index in [1.54, 1.807) is 5.31 Å². The molecule has 1 nitrogen and oxygen atoms in total. The average molecular weight is 442 g/mol. The first kappa shape index (κ1) is 20.9. The summed E-state index contributed by atoms with van der Waals surface area (Å²) in [5.74, 6) is 3.49. The van der Waals surface area contributed by atoms with Gasteiger partial charge in [0.15, 0.2) is 0 Å². The van der Waals surface area contributed by atoms with Crippen molar-refractivity contribution in [1.82, 2.24) is 4.90 Å². The maximum atomic E-state index is 2.86. The van der Waals surface area contributed by atoms with E-state index in [9.17, 15) is 0 Å². The molecule has 0 saturated heterocycles. The molecule has 0 amide bonds. The molecule has 1 unspecified atom stereocenters. The molecule has 0 N–H and O–H groups in total. The molecule has 7 rings (SSSR count). The van der Waals surface area contributed by atoms with Crippen molar-refractivity contribution in [3.8, 4) is 0 Å². The van der Waals surface area contributed by atoms with Gasteiger partial charge in [-0.25, -0.2) is 0 Å². The summed E-state index contributed by atoms with van der Waals surface area (Å²) in [5, 5.41) is 4.57. The molecule has 2 atom stereocenters. The summed E-state index contributed by atoms with van der Waals surface area (Å²) in [6, 6.07) is 23.0. The first-order valence-electron chi connectivity index (χ1n) is 12.6. The molecule has 0 spiro atoms. The van der Waals surface area contributed by atoms with Crippen LogP contribution in [0.3, 0.4) is 0 Å². The number of benzene rings is 2. The highest BCUT2D eigenvalue weighted by molar-refractivity contribution is 7.76. The molecule has 0 radical (unpaired) electrons. The minimum absolute atomic E-state index is 0.456. The highest BCUT2D eigenvalue weighted by Gasteiger charge is 2.54. The topological polar surface area (TPSA) is 3.24 Å². The van der Waals surface area contributed by atoms with Gasteiger partial charge in [-0.1, -0.05) is 78.9 Å². The van der Waals surface area contributed by atoms with Crippen LogP contribution in [0.2, 0.25) is 0 Å². The lowest BCUT2D eigenvalue weighted by atomic mass is 9.52. The maximum Gasteiger partial charge on any atom is 0.0217 e. The number of hydrogen-bond donors (Lipinski definition) is 0. The normalized spacial score (nSPS) is 33.8. The van der Waals surface area contributed by atoms with Gasteiger partial charge in [-0.15, -0.1) is 0 Å². The Kier molecular flexibility index (Phi) is 5.39.